The minimum absolute atomic E-state index is 0.643. The summed E-state index contributed by atoms with van der Waals surface area (Å²) in [5, 5.41) is 4.15. The normalized spacial score (nSPS) is 11.1. The average molecular weight is 302 g/mol. The van der Waals surface area contributed by atoms with Crippen LogP contribution in [0.5, 0.6) is 0 Å². The molecule has 0 amide bonds. The SMILES string of the molecule is CSCCN(C)c1cc(CNCC(C)C)c(Cl)cn1. The summed E-state index contributed by atoms with van der Waals surface area (Å²) in [6, 6.07) is 2.08. The van der Waals surface area contributed by atoms with Crippen molar-refractivity contribution in [3.05, 3.63) is 22.8 Å². The summed E-state index contributed by atoms with van der Waals surface area (Å²) in [4.78, 5) is 6.56. The van der Waals surface area contributed by atoms with Gasteiger partial charge in [0.1, 0.15) is 5.82 Å². The lowest BCUT2D eigenvalue weighted by Crippen LogP contribution is -2.22. The second kappa shape index (κ2) is 8.67. The first-order valence-electron chi connectivity index (χ1n) is 6.59. The molecule has 1 rings (SSSR count). The lowest BCUT2D eigenvalue weighted by Gasteiger charge is -2.19. The number of hydrogen-bond acceptors (Lipinski definition) is 4. The van der Waals surface area contributed by atoms with Crippen molar-refractivity contribution in [2.24, 2.45) is 5.92 Å². The molecule has 0 spiro atoms. The Kier molecular flexibility index (Phi) is 7.57. The zero-order valence-electron chi connectivity index (χ0n) is 12.2. The van der Waals surface area contributed by atoms with Gasteiger partial charge in [-0.1, -0.05) is 25.4 Å². The van der Waals surface area contributed by atoms with E-state index in [0.717, 1.165) is 41.8 Å². The van der Waals surface area contributed by atoms with Crippen LogP contribution in [0.2, 0.25) is 5.02 Å². The lowest BCUT2D eigenvalue weighted by molar-refractivity contribution is 0.552. The maximum Gasteiger partial charge on any atom is 0.128 e. The van der Waals surface area contributed by atoms with Crippen molar-refractivity contribution in [3.8, 4) is 0 Å². The molecule has 108 valence electrons. The minimum atomic E-state index is 0.643. The maximum absolute atomic E-state index is 6.20. The summed E-state index contributed by atoms with van der Waals surface area (Å²) in [7, 11) is 2.07. The molecule has 1 heterocycles. The van der Waals surface area contributed by atoms with Gasteiger partial charge in [-0.05, 0) is 30.3 Å². The van der Waals surface area contributed by atoms with Gasteiger partial charge in [-0.15, -0.1) is 0 Å². The van der Waals surface area contributed by atoms with Crippen molar-refractivity contribution in [2.75, 3.05) is 37.0 Å². The molecule has 0 aliphatic rings. The Morgan fingerprint density at radius 2 is 2.21 bits per heavy atom. The van der Waals surface area contributed by atoms with E-state index in [2.05, 4.69) is 48.4 Å². The Labute approximate surface area is 126 Å². The van der Waals surface area contributed by atoms with Crippen LogP contribution in [0.15, 0.2) is 12.3 Å². The van der Waals surface area contributed by atoms with Crippen LogP contribution in [0.4, 0.5) is 5.82 Å². The highest BCUT2D eigenvalue weighted by Gasteiger charge is 2.07. The van der Waals surface area contributed by atoms with Gasteiger partial charge in [-0.25, -0.2) is 4.98 Å². The number of thioether (sulfide) groups is 1. The predicted octanol–water partition coefficient (Wildman–Crippen LogP) is 3.28. The molecule has 0 fully saturated rings. The molecule has 0 aromatic carbocycles. The van der Waals surface area contributed by atoms with Crippen LogP contribution < -0.4 is 10.2 Å². The highest BCUT2D eigenvalue weighted by Crippen LogP contribution is 2.20. The second-order valence-corrected chi connectivity index (χ2v) is 6.47. The smallest absolute Gasteiger partial charge is 0.128 e. The number of rotatable bonds is 8. The number of pyridine rings is 1. The summed E-state index contributed by atoms with van der Waals surface area (Å²) in [6.45, 7) is 7.18. The first-order valence-corrected chi connectivity index (χ1v) is 8.37. The van der Waals surface area contributed by atoms with Crippen molar-refractivity contribution in [2.45, 2.75) is 20.4 Å². The van der Waals surface area contributed by atoms with E-state index >= 15 is 0 Å². The standard InChI is InChI=1S/C14H24ClN3S/c1-11(2)8-16-9-12-7-14(17-10-13(12)15)18(3)5-6-19-4/h7,10-11,16H,5-6,8-9H2,1-4H3. The Morgan fingerprint density at radius 3 is 2.84 bits per heavy atom. The molecule has 0 saturated heterocycles. The van der Waals surface area contributed by atoms with Gasteiger partial charge >= 0.3 is 0 Å². The number of nitrogens with one attached hydrogen (secondary N) is 1. The highest BCUT2D eigenvalue weighted by molar-refractivity contribution is 7.98. The van der Waals surface area contributed by atoms with Crippen LogP contribution in [0.3, 0.4) is 0 Å². The average Bonchev–Trinajstić information content (AvgIpc) is 2.37. The molecule has 1 aromatic rings. The third kappa shape index (κ3) is 6.02. The molecule has 1 aromatic heterocycles. The molecule has 19 heavy (non-hydrogen) atoms. The number of anilines is 1. The van der Waals surface area contributed by atoms with Crippen LogP contribution in [-0.2, 0) is 6.54 Å². The number of hydrogen-bond donors (Lipinski definition) is 1. The van der Waals surface area contributed by atoms with Crippen LogP contribution >= 0.6 is 23.4 Å². The monoisotopic (exact) mass is 301 g/mol. The van der Waals surface area contributed by atoms with Gasteiger partial charge < -0.3 is 10.2 Å². The third-order valence-corrected chi connectivity index (χ3v) is 3.74. The van der Waals surface area contributed by atoms with E-state index in [0.29, 0.717) is 5.92 Å². The minimum Gasteiger partial charge on any atom is -0.359 e. The maximum atomic E-state index is 6.20. The number of aromatic nitrogens is 1. The molecule has 0 unspecified atom stereocenters. The summed E-state index contributed by atoms with van der Waals surface area (Å²) >= 11 is 8.04. The van der Waals surface area contributed by atoms with Crippen LogP contribution in [0, 0.1) is 5.92 Å². The molecule has 0 radical (unpaired) electrons. The molecule has 0 bridgehead atoms. The van der Waals surface area contributed by atoms with Gasteiger partial charge in [0, 0.05) is 32.1 Å². The van der Waals surface area contributed by atoms with Crippen molar-refractivity contribution in [1.29, 1.82) is 0 Å². The predicted molar refractivity (Wildman–Crippen MR) is 87.4 cm³/mol. The quantitative estimate of drug-likeness (QED) is 0.797. The molecule has 0 saturated carbocycles. The van der Waals surface area contributed by atoms with E-state index in [1.54, 1.807) is 6.20 Å². The van der Waals surface area contributed by atoms with Crippen LogP contribution in [-0.4, -0.2) is 37.1 Å². The van der Waals surface area contributed by atoms with Crippen molar-refractivity contribution in [1.82, 2.24) is 10.3 Å². The number of halogens is 1. The van der Waals surface area contributed by atoms with Crippen molar-refractivity contribution < 1.29 is 0 Å². The van der Waals surface area contributed by atoms with Gasteiger partial charge in [0.15, 0.2) is 0 Å². The van der Waals surface area contributed by atoms with E-state index in [1.165, 1.54) is 0 Å². The molecule has 5 heteroatoms. The first kappa shape index (κ1) is 16.6. The van der Waals surface area contributed by atoms with Crippen molar-refractivity contribution in [3.63, 3.8) is 0 Å². The fourth-order valence-corrected chi connectivity index (χ4v) is 2.28. The second-order valence-electron chi connectivity index (χ2n) is 5.07. The molecule has 3 nitrogen and oxygen atoms in total. The summed E-state index contributed by atoms with van der Waals surface area (Å²) in [6.07, 6.45) is 3.86. The molecule has 0 aliphatic carbocycles. The Bertz CT molecular complexity index is 385. The largest absolute Gasteiger partial charge is 0.359 e. The van der Waals surface area contributed by atoms with Gasteiger partial charge in [0.05, 0.1) is 5.02 Å². The zero-order chi connectivity index (χ0) is 14.3. The molecule has 1 N–H and O–H groups in total. The Morgan fingerprint density at radius 1 is 1.47 bits per heavy atom. The topological polar surface area (TPSA) is 28.2 Å². The Hall–Kier alpha value is -0.450. The number of nitrogens with zero attached hydrogens (tertiary/aromatic N) is 2. The summed E-state index contributed by atoms with van der Waals surface area (Å²) in [5.74, 6) is 2.73. The molecule has 0 atom stereocenters. The zero-order valence-corrected chi connectivity index (χ0v) is 13.8. The molecule has 0 aliphatic heterocycles. The van der Waals surface area contributed by atoms with E-state index < -0.39 is 0 Å². The van der Waals surface area contributed by atoms with Crippen LogP contribution in [0.1, 0.15) is 19.4 Å². The lowest BCUT2D eigenvalue weighted by atomic mass is 10.2. The molecular weight excluding hydrogens is 278 g/mol. The van der Waals surface area contributed by atoms with Crippen LogP contribution in [0.25, 0.3) is 0 Å². The molecular formula is C14H24ClN3S. The van der Waals surface area contributed by atoms with E-state index in [9.17, 15) is 0 Å². The fraction of sp³-hybridized carbons (Fsp3) is 0.643. The van der Waals surface area contributed by atoms with Crippen molar-refractivity contribution >= 4 is 29.2 Å². The Balaban J connectivity index is 2.65. The van der Waals surface area contributed by atoms with E-state index in [1.807, 2.05) is 11.8 Å². The highest BCUT2D eigenvalue weighted by atomic mass is 35.5. The fourth-order valence-electron chi connectivity index (χ4n) is 1.65. The summed E-state index contributed by atoms with van der Waals surface area (Å²) < 4.78 is 0. The van der Waals surface area contributed by atoms with Gasteiger partial charge in [-0.2, -0.15) is 11.8 Å². The summed E-state index contributed by atoms with van der Waals surface area (Å²) in [5.41, 5.74) is 1.11. The van der Waals surface area contributed by atoms with Gasteiger partial charge in [0.2, 0.25) is 0 Å². The van der Waals surface area contributed by atoms with E-state index in [-0.39, 0.29) is 0 Å². The van der Waals surface area contributed by atoms with Gasteiger partial charge in [-0.3, -0.25) is 0 Å². The van der Waals surface area contributed by atoms with Gasteiger partial charge in [0.25, 0.3) is 0 Å². The third-order valence-electron chi connectivity index (χ3n) is 2.81. The van der Waals surface area contributed by atoms with E-state index in [4.69, 9.17) is 11.6 Å². The first-order chi connectivity index (χ1) is 9.04.